The molecule has 33 heavy (non-hydrogen) atoms. The molecular formula is C29H27BrNOP. The van der Waals surface area contributed by atoms with Gasteiger partial charge in [0.05, 0.1) is 0 Å². The quantitative estimate of drug-likeness (QED) is 0.373. The molecule has 4 heteroatoms. The number of anilines is 1. The summed E-state index contributed by atoms with van der Waals surface area (Å²) in [6, 6.07) is 42.3. The zero-order chi connectivity index (χ0) is 21.8. The number of carbonyl (C=O) groups excluding carboxylic acids is 1. The van der Waals surface area contributed by atoms with E-state index in [0.29, 0.717) is 0 Å². The van der Waals surface area contributed by atoms with E-state index in [4.69, 9.17) is 0 Å². The number of benzene rings is 4. The zero-order valence-electron chi connectivity index (χ0n) is 18.4. The van der Waals surface area contributed by atoms with Gasteiger partial charge < -0.3 is 21.9 Å². The van der Waals surface area contributed by atoms with Gasteiger partial charge in [-0.05, 0) is 61.4 Å². The lowest BCUT2D eigenvalue weighted by Gasteiger charge is -2.39. The van der Waals surface area contributed by atoms with Crippen molar-refractivity contribution in [2.45, 2.75) is 18.5 Å². The van der Waals surface area contributed by atoms with Crippen molar-refractivity contribution in [2.75, 3.05) is 11.4 Å². The third kappa shape index (κ3) is 4.28. The van der Waals surface area contributed by atoms with Gasteiger partial charge in [0, 0.05) is 12.2 Å². The second-order valence-corrected chi connectivity index (χ2v) is 11.8. The smallest absolute Gasteiger partial charge is 0.268 e. The first-order chi connectivity index (χ1) is 15.8. The summed E-state index contributed by atoms with van der Waals surface area (Å²) in [6.07, 6.45) is 1.90. The van der Waals surface area contributed by atoms with Gasteiger partial charge in [-0.1, -0.05) is 72.8 Å². The van der Waals surface area contributed by atoms with Crippen LogP contribution in [0.3, 0.4) is 0 Å². The monoisotopic (exact) mass is 515 g/mol. The van der Waals surface area contributed by atoms with Crippen LogP contribution in [0.2, 0.25) is 0 Å². The van der Waals surface area contributed by atoms with Gasteiger partial charge in [0.2, 0.25) is 0 Å². The standard InChI is InChI=1S/C29H27NOP.BrH/c31-29-28(22-13-23-30(29)24-14-5-1-6-15-24)32(25-16-7-2-8-17-25,26-18-9-3-10-19-26)27-20-11-4-12-21-27;/h1-12,14-21,28H,13,22-23H2;1H/q+1;/p-1. The number of amides is 1. The molecule has 166 valence electrons. The number of carbonyl (C=O) groups is 1. The SMILES string of the molecule is O=C1C([P+](c2ccccc2)(c2ccccc2)c2ccccc2)CCCN1c1ccccc1.[Br-]. The van der Waals surface area contributed by atoms with Gasteiger partial charge in [-0.25, -0.2) is 0 Å². The first-order valence-corrected chi connectivity index (χ1v) is 13.1. The summed E-state index contributed by atoms with van der Waals surface area (Å²) in [6.45, 7) is 0.776. The van der Waals surface area contributed by atoms with E-state index in [9.17, 15) is 4.79 Å². The number of nitrogens with zero attached hydrogens (tertiary/aromatic N) is 1. The van der Waals surface area contributed by atoms with Crippen LogP contribution in [0.1, 0.15) is 12.8 Å². The Labute approximate surface area is 207 Å². The van der Waals surface area contributed by atoms with Gasteiger partial charge in [-0.3, -0.25) is 4.79 Å². The minimum atomic E-state index is -2.23. The molecule has 1 saturated heterocycles. The number of para-hydroxylation sites is 1. The van der Waals surface area contributed by atoms with E-state index >= 15 is 0 Å². The van der Waals surface area contributed by atoms with Crippen LogP contribution < -0.4 is 37.8 Å². The lowest BCUT2D eigenvalue weighted by atomic mass is 10.1. The maximum Gasteiger partial charge on any atom is 0.268 e. The third-order valence-corrected chi connectivity index (χ3v) is 11.2. The molecule has 1 fully saturated rings. The number of hydrogen-bond acceptors (Lipinski definition) is 1. The molecule has 1 unspecified atom stereocenters. The Morgan fingerprint density at radius 3 is 1.42 bits per heavy atom. The summed E-state index contributed by atoms with van der Waals surface area (Å²) >= 11 is 0. The maximum absolute atomic E-state index is 14.2. The Kier molecular flexibility index (Phi) is 7.42. The number of piperidine rings is 1. The van der Waals surface area contributed by atoms with Gasteiger partial charge in [-0.2, -0.15) is 0 Å². The largest absolute Gasteiger partial charge is 1.00 e. The highest BCUT2D eigenvalue weighted by Crippen LogP contribution is 2.62. The van der Waals surface area contributed by atoms with Crippen LogP contribution in [0, 0.1) is 0 Å². The van der Waals surface area contributed by atoms with Crippen LogP contribution in [0.25, 0.3) is 0 Å². The average molecular weight is 516 g/mol. The molecule has 0 saturated carbocycles. The van der Waals surface area contributed by atoms with Gasteiger partial charge in [0.15, 0.2) is 5.66 Å². The van der Waals surface area contributed by atoms with E-state index in [1.807, 2.05) is 35.2 Å². The molecule has 2 nitrogen and oxygen atoms in total. The number of hydrogen-bond donors (Lipinski definition) is 0. The molecule has 4 aromatic rings. The lowest BCUT2D eigenvalue weighted by molar-refractivity contribution is -0.119. The fourth-order valence-electron chi connectivity index (χ4n) is 5.06. The summed E-state index contributed by atoms with van der Waals surface area (Å²) < 4.78 is 0. The van der Waals surface area contributed by atoms with E-state index in [2.05, 4.69) is 91.0 Å². The van der Waals surface area contributed by atoms with Crippen molar-refractivity contribution >= 4 is 34.8 Å². The summed E-state index contributed by atoms with van der Waals surface area (Å²) in [7, 11) is -2.23. The van der Waals surface area contributed by atoms with Gasteiger partial charge >= 0.3 is 0 Å². The highest BCUT2D eigenvalue weighted by Gasteiger charge is 2.57. The number of rotatable bonds is 5. The molecule has 0 bridgehead atoms. The molecule has 0 aromatic heterocycles. The molecule has 1 atom stereocenters. The Morgan fingerprint density at radius 1 is 0.606 bits per heavy atom. The van der Waals surface area contributed by atoms with Crippen LogP contribution >= 0.6 is 7.26 Å². The summed E-state index contributed by atoms with van der Waals surface area (Å²) in [5.41, 5.74) is 0.901. The minimum absolute atomic E-state index is 0. The predicted molar refractivity (Wildman–Crippen MR) is 137 cm³/mol. The van der Waals surface area contributed by atoms with Crippen molar-refractivity contribution < 1.29 is 21.8 Å². The van der Waals surface area contributed by atoms with Crippen LogP contribution in [0.5, 0.6) is 0 Å². The average Bonchev–Trinajstić information content (AvgIpc) is 2.88. The highest BCUT2D eigenvalue weighted by molar-refractivity contribution is 7.96. The molecule has 0 radical (unpaired) electrons. The van der Waals surface area contributed by atoms with Crippen molar-refractivity contribution in [3.63, 3.8) is 0 Å². The Bertz CT molecular complexity index is 1070. The van der Waals surface area contributed by atoms with Crippen molar-refractivity contribution in [2.24, 2.45) is 0 Å². The van der Waals surface area contributed by atoms with Crippen molar-refractivity contribution in [1.82, 2.24) is 0 Å². The van der Waals surface area contributed by atoms with E-state index in [0.717, 1.165) is 25.1 Å². The van der Waals surface area contributed by atoms with Gasteiger partial charge in [0.25, 0.3) is 5.91 Å². The van der Waals surface area contributed by atoms with Crippen LogP contribution in [0.4, 0.5) is 5.69 Å². The Balaban J connectivity index is 0.00000259. The molecular weight excluding hydrogens is 489 g/mol. The van der Waals surface area contributed by atoms with Crippen LogP contribution in [-0.2, 0) is 4.79 Å². The fourth-order valence-corrected chi connectivity index (χ4v) is 10.00. The van der Waals surface area contributed by atoms with E-state index in [-0.39, 0.29) is 28.5 Å². The normalized spacial score (nSPS) is 16.2. The first-order valence-electron chi connectivity index (χ1n) is 11.2. The van der Waals surface area contributed by atoms with Gasteiger partial charge in [0.1, 0.15) is 23.2 Å². The van der Waals surface area contributed by atoms with Crippen LogP contribution in [-0.4, -0.2) is 18.1 Å². The summed E-state index contributed by atoms with van der Waals surface area (Å²) in [4.78, 5) is 16.3. The van der Waals surface area contributed by atoms with Gasteiger partial charge in [-0.15, -0.1) is 0 Å². The lowest BCUT2D eigenvalue weighted by Crippen LogP contribution is -3.00. The topological polar surface area (TPSA) is 20.3 Å². The molecule has 0 aliphatic carbocycles. The summed E-state index contributed by atoms with van der Waals surface area (Å²) in [5, 5.41) is 3.81. The molecule has 1 heterocycles. The molecule has 5 rings (SSSR count). The fraction of sp³-hybridized carbons (Fsp3) is 0.138. The molecule has 0 N–H and O–H groups in total. The minimum Gasteiger partial charge on any atom is -1.00 e. The van der Waals surface area contributed by atoms with E-state index in [1.165, 1.54) is 15.9 Å². The van der Waals surface area contributed by atoms with E-state index < -0.39 is 7.26 Å². The first kappa shape index (κ1) is 23.4. The Hall–Kier alpha value is -2.74. The second-order valence-electron chi connectivity index (χ2n) is 8.21. The van der Waals surface area contributed by atoms with E-state index in [1.54, 1.807) is 0 Å². The third-order valence-electron chi connectivity index (χ3n) is 6.44. The van der Waals surface area contributed by atoms with Crippen LogP contribution in [0.15, 0.2) is 121 Å². The molecule has 0 spiro atoms. The molecule has 1 amide bonds. The van der Waals surface area contributed by atoms with Crippen molar-refractivity contribution in [3.8, 4) is 0 Å². The highest BCUT2D eigenvalue weighted by atomic mass is 79.9. The predicted octanol–water partition coefficient (Wildman–Crippen LogP) is 2.18. The molecule has 1 aliphatic heterocycles. The Morgan fingerprint density at radius 2 is 1.00 bits per heavy atom. The summed E-state index contributed by atoms with van der Waals surface area (Å²) in [5.74, 6) is 0.243. The molecule has 1 aliphatic rings. The maximum atomic E-state index is 14.2. The zero-order valence-corrected chi connectivity index (χ0v) is 20.9. The van der Waals surface area contributed by atoms with Crippen molar-refractivity contribution in [1.29, 1.82) is 0 Å². The number of halogens is 1. The second kappa shape index (κ2) is 10.5. The molecule has 4 aromatic carbocycles. The van der Waals surface area contributed by atoms with Crippen molar-refractivity contribution in [3.05, 3.63) is 121 Å².